The molecule has 0 saturated heterocycles. The smallest absolute Gasteiger partial charge is 0.306 e. The van der Waals surface area contributed by atoms with E-state index in [1.54, 1.807) is 24.4 Å². The lowest BCUT2D eigenvalue weighted by molar-refractivity contribution is -0.137. The fourth-order valence-corrected chi connectivity index (χ4v) is 4.70. The normalized spacial score (nSPS) is 14.3. The van der Waals surface area contributed by atoms with Crippen LogP contribution in [0.1, 0.15) is 22.4 Å². The van der Waals surface area contributed by atoms with Gasteiger partial charge in [0.05, 0.1) is 27.4 Å². The number of benzene rings is 1. The molecule has 0 fully saturated rings. The third kappa shape index (κ3) is 4.46. The number of pyridine rings is 1. The molecule has 0 amide bonds. The van der Waals surface area contributed by atoms with Crippen molar-refractivity contribution in [1.29, 1.82) is 0 Å². The minimum atomic E-state index is -4.44. The van der Waals surface area contributed by atoms with Crippen molar-refractivity contribution >= 4 is 11.3 Å². The van der Waals surface area contributed by atoms with Crippen molar-refractivity contribution in [2.75, 3.05) is 6.54 Å². The number of alkyl halides is 3. The molecule has 1 N–H and O–H groups in total. The zero-order chi connectivity index (χ0) is 23.0. The summed E-state index contributed by atoms with van der Waals surface area (Å²) in [5.74, 6) is 0.598. The van der Waals surface area contributed by atoms with Crippen molar-refractivity contribution in [3.8, 4) is 22.0 Å². The molecule has 0 bridgehead atoms. The summed E-state index contributed by atoms with van der Waals surface area (Å²) in [5.41, 5.74) is 1.84. The molecule has 3 aromatic heterocycles. The largest absolute Gasteiger partial charge is 0.417 e. The van der Waals surface area contributed by atoms with Gasteiger partial charge in [-0.05, 0) is 29.1 Å². The number of nitrogens with one attached hydrogen (secondary N) is 1. The molecule has 0 spiro atoms. The second-order valence-electron chi connectivity index (χ2n) is 7.87. The number of aromatic amines is 1. The van der Waals surface area contributed by atoms with E-state index in [1.165, 1.54) is 23.5 Å². The molecule has 5 rings (SSSR count). The molecular formula is C24H19F3N4OS. The number of thiophene rings is 1. The molecule has 5 nitrogen and oxygen atoms in total. The fourth-order valence-electron chi connectivity index (χ4n) is 4.04. The van der Waals surface area contributed by atoms with Crippen molar-refractivity contribution in [3.63, 3.8) is 0 Å². The number of halogens is 3. The van der Waals surface area contributed by atoms with E-state index >= 15 is 0 Å². The first-order valence-electron chi connectivity index (χ1n) is 10.4. The van der Waals surface area contributed by atoms with E-state index in [2.05, 4.69) is 19.9 Å². The minimum Gasteiger partial charge on any atom is -0.306 e. The molecule has 4 aromatic rings. The average Bonchev–Trinajstić information content (AvgIpc) is 3.34. The van der Waals surface area contributed by atoms with Crippen LogP contribution in [0.3, 0.4) is 0 Å². The summed E-state index contributed by atoms with van der Waals surface area (Å²) in [6, 6.07) is 12.7. The standard InChI is InChI=1S/C24H19F3N4OS/c25-24(26,27)18-5-2-1-4-16(18)19-8-7-15(12-28-19)13-31-10-9-20-17(14-31)23(32)30-22(29-20)21-6-3-11-33-21/h1-8,11-12H,9-10,13-14H2,(H,29,30,32). The highest BCUT2D eigenvalue weighted by Crippen LogP contribution is 2.36. The third-order valence-electron chi connectivity index (χ3n) is 5.64. The fraction of sp³-hybridized carbons (Fsp3) is 0.208. The van der Waals surface area contributed by atoms with Gasteiger partial charge in [-0.25, -0.2) is 4.98 Å². The highest BCUT2D eigenvalue weighted by molar-refractivity contribution is 7.13. The Morgan fingerprint density at radius 3 is 2.67 bits per heavy atom. The quantitative estimate of drug-likeness (QED) is 0.451. The molecule has 0 radical (unpaired) electrons. The number of hydrogen-bond donors (Lipinski definition) is 1. The van der Waals surface area contributed by atoms with Crippen LogP contribution < -0.4 is 5.56 Å². The third-order valence-corrected chi connectivity index (χ3v) is 6.52. The number of aromatic nitrogens is 3. The van der Waals surface area contributed by atoms with Gasteiger partial charge in [-0.1, -0.05) is 30.3 Å². The highest BCUT2D eigenvalue weighted by atomic mass is 32.1. The summed E-state index contributed by atoms with van der Waals surface area (Å²) in [6.45, 7) is 1.73. The van der Waals surface area contributed by atoms with E-state index in [1.807, 2.05) is 17.5 Å². The van der Waals surface area contributed by atoms with Gasteiger partial charge in [0.1, 0.15) is 0 Å². The maximum absolute atomic E-state index is 13.3. The molecule has 33 heavy (non-hydrogen) atoms. The average molecular weight is 469 g/mol. The van der Waals surface area contributed by atoms with Gasteiger partial charge in [0.2, 0.25) is 0 Å². The van der Waals surface area contributed by atoms with Crippen LogP contribution in [-0.2, 0) is 25.7 Å². The van der Waals surface area contributed by atoms with E-state index in [9.17, 15) is 18.0 Å². The Labute approximate surface area is 191 Å². The lowest BCUT2D eigenvalue weighted by atomic mass is 10.0. The van der Waals surface area contributed by atoms with Crippen LogP contribution in [0.25, 0.3) is 22.0 Å². The minimum absolute atomic E-state index is 0.0580. The van der Waals surface area contributed by atoms with E-state index in [-0.39, 0.29) is 16.8 Å². The van der Waals surface area contributed by atoms with Crippen molar-refractivity contribution < 1.29 is 13.2 Å². The Balaban J connectivity index is 1.33. The predicted octanol–water partition coefficient (Wildman–Crippen LogP) is 5.14. The molecule has 168 valence electrons. The second kappa shape index (κ2) is 8.57. The molecule has 0 atom stereocenters. The monoisotopic (exact) mass is 468 g/mol. The van der Waals surface area contributed by atoms with Crippen LogP contribution in [0, 0.1) is 0 Å². The molecule has 0 aliphatic carbocycles. The van der Waals surface area contributed by atoms with Crippen LogP contribution in [-0.4, -0.2) is 26.4 Å². The first kappa shape index (κ1) is 21.5. The molecule has 4 heterocycles. The number of rotatable bonds is 4. The van der Waals surface area contributed by atoms with Crippen molar-refractivity contribution in [2.24, 2.45) is 0 Å². The number of nitrogens with zero attached hydrogens (tertiary/aromatic N) is 3. The zero-order valence-corrected chi connectivity index (χ0v) is 18.2. The molecule has 1 aliphatic rings. The van der Waals surface area contributed by atoms with Gasteiger partial charge < -0.3 is 4.98 Å². The summed E-state index contributed by atoms with van der Waals surface area (Å²) in [6.07, 6.45) is -2.19. The predicted molar refractivity (Wildman–Crippen MR) is 121 cm³/mol. The lowest BCUT2D eigenvalue weighted by Crippen LogP contribution is -2.35. The van der Waals surface area contributed by atoms with Crippen molar-refractivity contribution in [3.05, 3.63) is 92.8 Å². The second-order valence-corrected chi connectivity index (χ2v) is 8.82. The van der Waals surface area contributed by atoms with Gasteiger partial charge in [-0.15, -0.1) is 11.3 Å². The first-order valence-corrected chi connectivity index (χ1v) is 11.3. The van der Waals surface area contributed by atoms with Crippen LogP contribution in [0.2, 0.25) is 0 Å². The Kier molecular flexibility index (Phi) is 5.59. The van der Waals surface area contributed by atoms with E-state index < -0.39 is 11.7 Å². The molecule has 1 aromatic carbocycles. The SMILES string of the molecule is O=c1[nH]c(-c2cccs2)nc2c1CN(Cc1ccc(-c3ccccc3C(F)(F)F)nc1)CC2. The van der Waals surface area contributed by atoms with Gasteiger partial charge in [0.25, 0.3) is 5.56 Å². The number of hydrogen-bond acceptors (Lipinski definition) is 5. The summed E-state index contributed by atoms with van der Waals surface area (Å²) in [4.78, 5) is 27.5. The van der Waals surface area contributed by atoms with Gasteiger partial charge in [-0.2, -0.15) is 13.2 Å². The van der Waals surface area contributed by atoms with Crippen LogP contribution >= 0.6 is 11.3 Å². The van der Waals surface area contributed by atoms with Gasteiger partial charge >= 0.3 is 6.18 Å². The Morgan fingerprint density at radius 2 is 1.94 bits per heavy atom. The summed E-state index contributed by atoms with van der Waals surface area (Å²) in [7, 11) is 0. The summed E-state index contributed by atoms with van der Waals surface area (Å²) >= 11 is 1.53. The maximum Gasteiger partial charge on any atom is 0.417 e. The number of fused-ring (bicyclic) bond motifs is 1. The first-order chi connectivity index (χ1) is 15.9. The van der Waals surface area contributed by atoms with E-state index in [4.69, 9.17) is 0 Å². The van der Waals surface area contributed by atoms with Gasteiger partial charge in [0.15, 0.2) is 5.82 Å². The lowest BCUT2D eigenvalue weighted by Gasteiger charge is -2.27. The molecule has 9 heteroatoms. The maximum atomic E-state index is 13.3. The van der Waals surface area contributed by atoms with Crippen LogP contribution in [0.15, 0.2) is 64.9 Å². The summed E-state index contributed by atoms with van der Waals surface area (Å²) in [5, 5.41) is 1.94. The Bertz CT molecular complexity index is 1330. The highest BCUT2D eigenvalue weighted by Gasteiger charge is 2.33. The number of H-pyrrole nitrogens is 1. The van der Waals surface area contributed by atoms with Gasteiger partial charge in [0, 0.05) is 37.8 Å². The Hall–Kier alpha value is -3.30. The van der Waals surface area contributed by atoms with E-state index in [0.717, 1.165) is 28.7 Å². The summed E-state index contributed by atoms with van der Waals surface area (Å²) < 4.78 is 39.9. The Morgan fingerprint density at radius 1 is 1.09 bits per heavy atom. The molecule has 0 saturated carbocycles. The molecular weight excluding hydrogens is 449 g/mol. The molecule has 0 unspecified atom stereocenters. The topological polar surface area (TPSA) is 61.9 Å². The molecule has 1 aliphatic heterocycles. The van der Waals surface area contributed by atoms with Crippen molar-refractivity contribution in [1.82, 2.24) is 19.9 Å². The van der Waals surface area contributed by atoms with Crippen LogP contribution in [0.4, 0.5) is 13.2 Å². The van der Waals surface area contributed by atoms with Gasteiger partial charge in [-0.3, -0.25) is 14.7 Å². The van der Waals surface area contributed by atoms with Crippen molar-refractivity contribution in [2.45, 2.75) is 25.7 Å². The van der Waals surface area contributed by atoms with Crippen LogP contribution in [0.5, 0.6) is 0 Å². The van der Waals surface area contributed by atoms with E-state index in [0.29, 0.717) is 30.9 Å². The zero-order valence-electron chi connectivity index (χ0n) is 17.4.